The van der Waals surface area contributed by atoms with Crippen LogP contribution in [-0.2, 0) is 16.9 Å². The SMILES string of the molecule is CCS(=O)(=O)c1cc(-c2cc(F)cc(F)c2)cnc1-c1ncc([C@@H](F)C(F)(F)C(F)(F)F)n1C. The van der Waals surface area contributed by atoms with Crippen LogP contribution in [0.15, 0.2) is 41.6 Å². The highest BCUT2D eigenvalue weighted by molar-refractivity contribution is 7.91. The standard InChI is InChI=1S/C20H15F8N3O2S/c1-3-34(32,33)15-6-11(10-4-12(21)7-13(22)5-10)8-29-16(15)18-30-9-14(31(18)2)17(23)19(24,25)20(26,27)28/h4-9,17H,3H2,1-2H3/t17-/m1/s1. The molecule has 0 spiro atoms. The van der Waals surface area contributed by atoms with E-state index in [0.29, 0.717) is 16.8 Å². The van der Waals surface area contributed by atoms with E-state index in [4.69, 9.17) is 0 Å². The molecule has 0 aliphatic heterocycles. The Kier molecular flexibility index (Phi) is 6.50. The van der Waals surface area contributed by atoms with Crippen molar-refractivity contribution in [2.45, 2.75) is 30.1 Å². The van der Waals surface area contributed by atoms with Gasteiger partial charge in [0.1, 0.15) is 17.3 Å². The number of pyridine rings is 1. The average Bonchev–Trinajstić information content (AvgIpc) is 3.12. The third-order valence-corrected chi connectivity index (χ3v) is 6.70. The van der Waals surface area contributed by atoms with Gasteiger partial charge in [-0.05, 0) is 23.8 Å². The molecule has 2 heterocycles. The Bertz CT molecular complexity index is 1320. The van der Waals surface area contributed by atoms with E-state index in [1.165, 1.54) is 6.92 Å². The molecule has 34 heavy (non-hydrogen) atoms. The van der Waals surface area contributed by atoms with Crippen LogP contribution in [0.25, 0.3) is 22.6 Å². The predicted octanol–water partition coefficient (Wildman–Crippen LogP) is 5.43. The van der Waals surface area contributed by atoms with Gasteiger partial charge in [-0.1, -0.05) is 6.92 Å². The number of nitrogens with zero attached hydrogens (tertiary/aromatic N) is 3. The molecule has 3 rings (SSSR count). The lowest BCUT2D eigenvalue weighted by Crippen LogP contribution is -2.41. The van der Waals surface area contributed by atoms with Crippen molar-refractivity contribution in [2.75, 3.05) is 5.75 Å². The lowest BCUT2D eigenvalue weighted by atomic mass is 10.1. The Morgan fingerprint density at radius 3 is 2.06 bits per heavy atom. The normalized spacial score (nSPS) is 13.8. The molecule has 0 bridgehead atoms. The second-order valence-electron chi connectivity index (χ2n) is 7.18. The van der Waals surface area contributed by atoms with Crippen LogP contribution in [0.5, 0.6) is 0 Å². The van der Waals surface area contributed by atoms with Crippen molar-refractivity contribution in [1.29, 1.82) is 0 Å². The molecular weight excluding hydrogens is 498 g/mol. The number of alkyl halides is 6. The summed E-state index contributed by atoms with van der Waals surface area (Å²) >= 11 is 0. The Morgan fingerprint density at radius 2 is 1.53 bits per heavy atom. The quantitative estimate of drug-likeness (QED) is 0.413. The van der Waals surface area contributed by atoms with Gasteiger partial charge >= 0.3 is 12.1 Å². The Hall–Kier alpha value is -3.03. The number of hydrogen-bond acceptors (Lipinski definition) is 4. The maximum absolute atomic E-state index is 14.2. The van der Waals surface area contributed by atoms with E-state index >= 15 is 0 Å². The first-order valence-electron chi connectivity index (χ1n) is 9.40. The number of hydrogen-bond donors (Lipinski definition) is 0. The molecule has 0 unspecified atom stereocenters. The summed E-state index contributed by atoms with van der Waals surface area (Å²) in [7, 11) is -3.22. The predicted molar refractivity (Wildman–Crippen MR) is 104 cm³/mol. The van der Waals surface area contributed by atoms with E-state index in [9.17, 15) is 43.5 Å². The molecule has 0 saturated heterocycles. The van der Waals surface area contributed by atoms with Crippen molar-refractivity contribution < 1.29 is 43.5 Å². The van der Waals surface area contributed by atoms with E-state index in [2.05, 4.69) is 9.97 Å². The minimum absolute atomic E-state index is 0.0319. The molecule has 0 radical (unpaired) electrons. The first-order chi connectivity index (χ1) is 15.6. The molecule has 0 aliphatic carbocycles. The molecule has 5 nitrogen and oxygen atoms in total. The largest absolute Gasteiger partial charge is 0.456 e. The van der Waals surface area contributed by atoms with Gasteiger partial charge in [-0.15, -0.1) is 0 Å². The monoisotopic (exact) mass is 513 g/mol. The topological polar surface area (TPSA) is 64.8 Å². The van der Waals surface area contributed by atoms with Crippen molar-refractivity contribution in [3.05, 3.63) is 54.0 Å². The molecular formula is C20H15F8N3O2S. The van der Waals surface area contributed by atoms with Crippen molar-refractivity contribution >= 4 is 9.84 Å². The fourth-order valence-corrected chi connectivity index (χ4v) is 4.15. The number of sulfone groups is 1. The molecule has 0 amide bonds. The zero-order valence-electron chi connectivity index (χ0n) is 17.3. The number of benzene rings is 1. The molecule has 14 heteroatoms. The first-order valence-corrected chi connectivity index (χ1v) is 11.0. The number of aromatic nitrogens is 3. The fourth-order valence-electron chi connectivity index (χ4n) is 3.09. The van der Waals surface area contributed by atoms with Crippen LogP contribution in [0.4, 0.5) is 35.1 Å². The molecule has 0 aliphatic rings. The summed E-state index contributed by atoms with van der Waals surface area (Å²) in [6.45, 7) is 1.26. The van der Waals surface area contributed by atoms with Gasteiger partial charge < -0.3 is 4.57 Å². The second kappa shape index (κ2) is 8.64. The van der Waals surface area contributed by atoms with Gasteiger partial charge in [-0.2, -0.15) is 22.0 Å². The maximum atomic E-state index is 14.2. The van der Waals surface area contributed by atoms with E-state index < -0.39 is 67.6 Å². The fraction of sp³-hybridized carbons (Fsp3) is 0.300. The minimum atomic E-state index is -6.19. The summed E-state index contributed by atoms with van der Waals surface area (Å²) in [5.74, 6) is -8.65. The van der Waals surface area contributed by atoms with Crippen molar-refractivity contribution in [2.24, 2.45) is 7.05 Å². The molecule has 2 aromatic heterocycles. The minimum Gasteiger partial charge on any atom is -0.327 e. The molecule has 1 aromatic carbocycles. The van der Waals surface area contributed by atoms with Crippen LogP contribution in [0.3, 0.4) is 0 Å². The van der Waals surface area contributed by atoms with Gasteiger partial charge in [-0.3, -0.25) is 4.98 Å². The van der Waals surface area contributed by atoms with Gasteiger partial charge in [0, 0.05) is 24.9 Å². The Labute approximate surface area is 188 Å². The lowest BCUT2D eigenvalue weighted by Gasteiger charge is -2.23. The average molecular weight is 513 g/mol. The highest BCUT2D eigenvalue weighted by Gasteiger charge is 2.64. The number of rotatable bonds is 6. The second-order valence-corrected chi connectivity index (χ2v) is 9.43. The third kappa shape index (κ3) is 4.50. The molecule has 0 N–H and O–H groups in total. The van der Waals surface area contributed by atoms with E-state index in [1.807, 2.05) is 0 Å². The van der Waals surface area contributed by atoms with Crippen LogP contribution < -0.4 is 0 Å². The molecule has 0 fully saturated rings. The third-order valence-electron chi connectivity index (χ3n) is 4.96. The van der Waals surface area contributed by atoms with Crippen LogP contribution in [0, 0.1) is 11.6 Å². The van der Waals surface area contributed by atoms with Crippen molar-refractivity contribution in [3.63, 3.8) is 0 Å². The van der Waals surface area contributed by atoms with Gasteiger partial charge in [0.15, 0.2) is 15.7 Å². The number of imidazole rings is 1. The van der Waals surface area contributed by atoms with Gasteiger partial charge in [-0.25, -0.2) is 26.6 Å². The first kappa shape index (κ1) is 25.6. The summed E-state index contributed by atoms with van der Waals surface area (Å²) in [5.41, 5.74) is -1.75. The highest BCUT2D eigenvalue weighted by Crippen LogP contribution is 2.47. The summed E-state index contributed by atoms with van der Waals surface area (Å²) < 4.78 is 132. The summed E-state index contributed by atoms with van der Waals surface area (Å²) in [6.07, 6.45) is -8.60. The van der Waals surface area contributed by atoms with Crippen LogP contribution >= 0.6 is 0 Å². The van der Waals surface area contributed by atoms with E-state index in [1.54, 1.807) is 0 Å². The maximum Gasteiger partial charge on any atom is 0.456 e. The summed E-state index contributed by atoms with van der Waals surface area (Å²) in [4.78, 5) is 6.97. The zero-order valence-corrected chi connectivity index (χ0v) is 18.2. The highest BCUT2D eigenvalue weighted by atomic mass is 32.2. The van der Waals surface area contributed by atoms with E-state index in [0.717, 1.165) is 31.4 Å². The van der Waals surface area contributed by atoms with Crippen molar-refractivity contribution in [1.82, 2.24) is 14.5 Å². The van der Waals surface area contributed by atoms with Gasteiger partial charge in [0.2, 0.25) is 6.17 Å². The zero-order chi connectivity index (χ0) is 25.6. The van der Waals surface area contributed by atoms with Gasteiger partial charge in [0.05, 0.1) is 22.5 Å². The Morgan fingerprint density at radius 1 is 0.941 bits per heavy atom. The van der Waals surface area contributed by atoms with Crippen molar-refractivity contribution in [3.8, 4) is 22.6 Å². The lowest BCUT2D eigenvalue weighted by molar-refractivity contribution is -0.305. The number of halogens is 8. The molecule has 184 valence electrons. The summed E-state index contributed by atoms with van der Waals surface area (Å²) in [6, 6.07) is 3.41. The van der Waals surface area contributed by atoms with Crippen LogP contribution in [0.1, 0.15) is 18.8 Å². The Balaban J connectivity index is 2.19. The smallest absolute Gasteiger partial charge is 0.327 e. The summed E-state index contributed by atoms with van der Waals surface area (Å²) in [5, 5.41) is 0. The molecule has 1 atom stereocenters. The van der Waals surface area contributed by atoms with E-state index in [-0.39, 0.29) is 11.1 Å². The molecule has 0 saturated carbocycles. The van der Waals surface area contributed by atoms with Crippen LogP contribution in [-0.4, -0.2) is 40.8 Å². The van der Waals surface area contributed by atoms with Gasteiger partial charge in [0.25, 0.3) is 0 Å². The molecule has 3 aromatic rings. The van der Waals surface area contributed by atoms with Crippen LogP contribution in [0.2, 0.25) is 0 Å².